The number of tetrazole rings is 1. The lowest BCUT2D eigenvalue weighted by atomic mass is 10.0. The number of hydrogen-bond donors (Lipinski definition) is 1. The van der Waals surface area contributed by atoms with Crippen molar-refractivity contribution in [2.24, 2.45) is 16.7 Å². The van der Waals surface area contributed by atoms with Crippen molar-refractivity contribution < 1.29 is 9.90 Å². The summed E-state index contributed by atoms with van der Waals surface area (Å²) in [4.78, 5) is 11.1. The van der Waals surface area contributed by atoms with Gasteiger partial charge in [-0.05, 0) is 35.1 Å². The Kier molecular flexibility index (Phi) is 2.95. The summed E-state index contributed by atoms with van der Waals surface area (Å²) < 4.78 is 1.68. The number of carbonyl (C=O) groups is 1. The number of rotatable bonds is 4. The van der Waals surface area contributed by atoms with Crippen molar-refractivity contribution in [1.29, 1.82) is 0 Å². The van der Waals surface area contributed by atoms with Crippen LogP contribution in [-0.4, -0.2) is 31.3 Å². The molecule has 1 aromatic rings. The van der Waals surface area contributed by atoms with Crippen molar-refractivity contribution in [3.05, 3.63) is 5.82 Å². The summed E-state index contributed by atoms with van der Waals surface area (Å²) in [5, 5.41) is 21.0. The molecule has 1 N–H and O–H groups in total. The molecule has 0 spiro atoms. The molecule has 6 heteroatoms. The van der Waals surface area contributed by atoms with Crippen LogP contribution in [0.2, 0.25) is 0 Å². The van der Waals surface area contributed by atoms with Crippen LogP contribution in [0.1, 0.15) is 59.3 Å². The third-order valence-electron chi connectivity index (χ3n) is 5.30. The second-order valence-corrected chi connectivity index (χ2v) is 6.73. The number of carboxylic acids is 1. The Morgan fingerprint density at radius 2 is 1.79 bits per heavy atom. The summed E-state index contributed by atoms with van der Waals surface area (Å²) in [6, 6.07) is -0.255. The molecular weight excluding hydrogens is 244 g/mol. The molecule has 1 aliphatic carbocycles. The van der Waals surface area contributed by atoms with E-state index in [-0.39, 0.29) is 22.8 Å². The minimum atomic E-state index is -0.830. The van der Waals surface area contributed by atoms with E-state index in [9.17, 15) is 4.79 Å². The number of nitrogens with zero attached hydrogens (tertiary/aromatic N) is 4. The first-order valence-electron chi connectivity index (χ1n) is 6.63. The van der Waals surface area contributed by atoms with Gasteiger partial charge in [-0.2, -0.15) is 0 Å². The Morgan fingerprint density at radius 3 is 2.21 bits per heavy atom. The Morgan fingerprint density at radius 1 is 1.26 bits per heavy atom. The summed E-state index contributed by atoms with van der Waals surface area (Å²) in [5.74, 6) is -0.287. The summed E-state index contributed by atoms with van der Waals surface area (Å²) in [7, 11) is 0. The Bertz CT molecular complexity index is 492. The van der Waals surface area contributed by atoms with Gasteiger partial charge in [0, 0.05) is 5.92 Å². The van der Waals surface area contributed by atoms with Crippen LogP contribution in [-0.2, 0) is 4.79 Å². The fourth-order valence-electron chi connectivity index (χ4n) is 2.94. The summed E-state index contributed by atoms with van der Waals surface area (Å²) in [6.45, 7) is 12.3. The maximum Gasteiger partial charge on any atom is 0.308 e. The van der Waals surface area contributed by atoms with E-state index in [1.807, 2.05) is 6.92 Å². The number of aliphatic carboxylic acids is 1. The van der Waals surface area contributed by atoms with Crippen molar-refractivity contribution >= 4 is 5.97 Å². The third-order valence-corrected chi connectivity index (χ3v) is 5.30. The highest BCUT2D eigenvalue weighted by molar-refractivity contribution is 5.70. The molecular formula is C13H22N4O2. The molecule has 1 heterocycles. The van der Waals surface area contributed by atoms with E-state index >= 15 is 0 Å². The Balaban J connectivity index is 2.33. The molecule has 2 unspecified atom stereocenters. The van der Waals surface area contributed by atoms with E-state index in [2.05, 4.69) is 43.2 Å². The van der Waals surface area contributed by atoms with Gasteiger partial charge in [0.15, 0.2) is 5.82 Å². The fraction of sp³-hybridized carbons (Fsp3) is 0.846. The predicted molar refractivity (Wildman–Crippen MR) is 69.6 cm³/mol. The highest BCUT2D eigenvalue weighted by Crippen LogP contribution is 2.73. The van der Waals surface area contributed by atoms with Crippen molar-refractivity contribution in [2.75, 3.05) is 0 Å². The van der Waals surface area contributed by atoms with Crippen LogP contribution < -0.4 is 0 Å². The molecule has 0 saturated heterocycles. The quantitative estimate of drug-likeness (QED) is 0.902. The minimum absolute atomic E-state index is 0.131. The lowest BCUT2D eigenvalue weighted by Crippen LogP contribution is -2.24. The molecule has 2 atom stereocenters. The predicted octanol–water partition coefficient (Wildman–Crippen LogP) is 2.10. The summed E-state index contributed by atoms with van der Waals surface area (Å²) >= 11 is 0. The molecule has 106 valence electrons. The second-order valence-electron chi connectivity index (χ2n) is 6.73. The van der Waals surface area contributed by atoms with Gasteiger partial charge in [0.2, 0.25) is 0 Å². The van der Waals surface area contributed by atoms with Crippen molar-refractivity contribution in [3.8, 4) is 0 Å². The number of hydrogen-bond acceptors (Lipinski definition) is 4. The lowest BCUT2D eigenvalue weighted by Gasteiger charge is -2.17. The molecule has 1 fully saturated rings. The minimum Gasteiger partial charge on any atom is -0.481 e. The molecule has 0 aliphatic heterocycles. The number of carboxylic acid groups (broad SMARTS) is 1. The van der Waals surface area contributed by atoms with Crippen LogP contribution in [0.4, 0.5) is 0 Å². The molecule has 1 aliphatic rings. The molecule has 0 radical (unpaired) electrons. The maximum atomic E-state index is 11.1. The molecule has 2 rings (SSSR count). The van der Waals surface area contributed by atoms with E-state index in [0.29, 0.717) is 0 Å². The van der Waals surface area contributed by atoms with Gasteiger partial charge in [-0.15, -0.1) is 5.10 Å². The van der Waals surface area contributed by atoms with E-state index in [4.69, 9.17) is 5.11 Å². The van der Waals surface area contributed by atoms with E-state index < -0.39 is 11.9 Å². The highest BCUT2D eigenvalue weighted by atomic mass is 16.4. The fourth-order valence-corrected chi connectivity index (χ4v) is 2.94. The van der Waals surface area contributed by atoms with Crippen LogP contribution >= 0.6 is 0 Å². The normalized spacial score (nSPS) is 23.9. The van der Waals surface area contributed by atoms with Gasteiger partial charge in [-0.25, -0.2) is 4.68 Å². The van der Waals surface area contributed by atoms with Crippen LogP contribution in [0.25, 0.3) is 0 Å². The third kappa shape index (κ3) is 1.84. The van der Waals surface area contributed by atoms with Gasteiger partial charge in [0.1, 0.15) is 0 Å². The highest BCUT2D eigenvalue weighted by Gasteiger charge is 2.67. The van der Waals surface area contributed by atoms with E-state index in [1.165, 1.54) is 0 Å². The van der Waals surface area contributed by atoms with E-state index in [1.54, 1.807) is 11.6 Å². The molecule has 0 bridgehead atoms. The lowest BCUT2D eigenvalue weighted by molar-refractivity contribution is -0.142. The zero-order valence-corrected chi connectivity index (χ0v) is 12.4. The monoisotopic (exact) mass is 266 g/mol. The zero-order chi connectivity index (χ0) is 14.6. The first-order chi connectivity index (χ1) is 8.62. The Hall–Kier alpha value is -1.46. The van der Waals surface area contributed by atoms with Gasteiger partial charge in [0.05, 0.1) is 12.0 Å². The maximum absolute atomic E-state index is 11.1. The summed E-state index contributed by atoms with van der Waals surface area (Å²) in [6.07, 6.45) is 0. The second kappa shape index (κ2) is 4.02. The number of aromatic nitrogens is 4. The average molecular weight is 266 g/mol. The van der Waals surface area contributed by atoms with Crippen molar-refractivity contribution in [1.82, 2.24) is 20.2 Å². The SMILES string of the molecule is CC(C(=O)O)C(C)n1nnnc1C1C(C)(C)C1(C)C. The molecule has 0 aromatic carbocycles. The van der Waals surface area contributed by atoms with Gasteiger partial charge < -0.3 is 5.11 Å². The standard InChI is InChI=1S/C13H22N4O2/c1-7(11(18)19)8(2)17-10(14-15-16-17)9-12(3,4)13(9,5)6/h7-9H,1-6H3,(H,18,19). The zero-order valence-electron chi connectivity index (χ0n) is 12.4. The van der Waals surface area contributed by atoms with Crippen molar-refractivity contribution in [2.45, 2.75) is 53.5 Å². The van der Waals surface area contributed by atoms with Gasteiger partial charge in [0.25, 0.3) is 0 Å². The van der Waals surface area contributed by atoms with Gasteiger partial charge in [-0.1, -0.05) is 27.7 Å². The topological polar surface area (TPSA) is 80.9 Å². The largest absolute Gasteiger partial charge is 0.481 e. The molecule has 19 heavy (non-hydrogen) atoms. The van der Waals surface area contributed by atoms with Gasteiger partial charge >= 0.3 is 5.97 Å². The van der Waals surface area contributed by atoms with Crippen LogP contribution in [0, 0.1) is 16.7 Å². The Labute approximate surface area is 113 Å². The molecule has 1 aromatic heterocycles. The van der Waals surface area contributed by atoms with Crippen LogP contribution in [0.3, 0.4) is 0 Å². The molecule has 0 amide bonds. The molecule has 6 nitrogen and oxygen atoms in total. The first-order valence-corrected chi connectivity index (χ1v) is 6.63. The van der Waals surface area contributed by atoms with Crippen molar-refractivity contribution in [3.63, 3.8) is 0 Å². The molecule has 1 saturated carbocycles. The van der Waals surface area contributed by atoms with Gasteiger partial charge in [-0.3, -0.25) is 4.79 Å². The van der Waals surface area contributed by atoms with Crippen LogP contribution in [0.5, 0.6) is 0 Å². The van der Waals surface area contributed by atoms with E-state index in [0.717, 1.165) is 5.82 Å². The average Bonchev–Trinajstić information content (AvgIpc) is 2.69. The smallest absolute Gasteiger partial charge is 0.308 e. The first kappa shape index (κ1) is 14.0. The van der Waals surface area contributed by atoms with Crippen LogP contribution in [0.15, 0.2) is 0 Å². The summed E-state index contributed by atoms with van der Waals surface area (Å²) in [5.41, 5.74) is 0.261.